The molecule has 1 rings (SSSR count). The molecule has 24 heavy (non-hydrogen) atoms. The number of carbonyl (C=O) groups excluding carboxylic acids is 2. The Hall–Kier alpha value is -2.08. The molecule has 0 aliphatic rings. The molecule has 134 valence electrons. The minimum absolute atomic E-state index is 0.103. The standard InChI is InChI=1S/C18H28N2O4/c1-3-5-6-13(4-2)12-19-16(18(23)24)11-17(22)20-14-7-9-15(21)10-8-14/h7-10,13,16,19,21H,3-6,11-12H2,1-2H3,(H,20,22)(H,23,24)/t13-,16-/m0/s1. The minimum atomic E-state index is -1.22. The fraction of sp³-hybridized carbons (Fsp3) is 0.556. The van der Waals surface area contributed by atoms with Gasteiger partial charge in [0.05, 0.1) is 18.9 Å². The number of carboxylic acids is 1. The molecule has 0 aliphatic carbocycles. The second-order valence-electron chi connectivity index (χ2n) is 6.11. The molecule has 4 N–H and O–H groups in total. The molecule has 0 bridgehead atoms. The van der Waals surface area contributed by atoms with Gasteiger partial charge in [-0.05, 0) is 37.1 Å². The van der Waals surface area contributed by atoms with Crippen molar-refractivity contribution < 1.29 is 25.1 Å². The highest BCUT2D eigenvalue weighted by atomic mass is 16.4. The van der Waals surface area contributed by atoms with Gasteiger partial charge in [-0.2, -0.15) is 0 Å². The lowest BCUT2D eigenvalue weighted by atomic mass is 9.99. The zero-order valence-electron chi connectivity index (χ0n) is 14.5. The number of benzene rings is 1. The number of nitrogens with two attached hydrogens (primary N) is 1. The first-order valence-corrected chi connectivity index (χ1v) is 8.59. The molecular weight excluding hydrogens is 308 g/mol. The van der Waals surface area contributed by atoms with Crippen molar-refractivity contribution in [2.24, 2.45) is 5.92 Å². The predicted molar refractivity (Wildman–Crippen MR) is 90.2 cm³/mol. The van der Waals surface area contributed by atoms with E-state index in [1.807, 2.05) is 0 Å². The van der Waals surface area contributed by atoms with Crippen LogP contribution in [0.4, 0.5) is 5.69 Å². The number of hydrogen-bond donors (Lipinski definition) is 3. The van der Waals surface area contributed by atoms with Gasteiger partial charge < -0.3 is 25.6 Å². The van der Waals surface area contributed by atoms with E-state index in [2.05, 4.69) is 19.2 Å². The van der Waals surface area contributed by atoms with Crippen LogP contribution >= 0.6 is 0 Å². The van der Waals surface area contributed by atoms with Crippen LogP contribution in [0.15, 0.2) is 24.3 Å². The topological polar surface area (TPSA) is 106 Å². The Bertz CT molecular complexity index is 516. The summed E-state index contributed by atoms with van der Waals surface area (Å²) >= 11 is 0. The molecular formula is C18H28N2O4. The lowest BCUT2D eigenvalue weighted by molar-refractivity contribution is -0.687. The maximum absolute atomic E-state index is 12.0. The largest absolute Gasteiger partial charge is 0.544 e. The molecule has 0 saturated heterocycles. The lowest BCUT2D eigenvalue weighted by Gasteiger charge is -2.20. The third-order valence-electron chi connectivity index (χ3n) is 4.16. The number of unbranched alkanes of at least 4 members (excludes halogenated alkanes) is 1. The summed E-state index contributed by atoms with van der Waals surface area (Å²) in [4.78, 5) is 23.3. The molecule has 0 aromatic heterocycles. The van der Waals surface area contributed by atoms with Crippen molar-refractivity contribution in [3.63, 3.8) is 0 Å². The van der Waals surface area contributed by atoms with E-state index in [4.69, 9.17) is 0 Å². The van der Waals surface area contributed by atoms with Gasteiger partial charge in [-0.1, -0.05) is 26.7 Å². The first-order valence-electron chi connectivity index (χ1n) is 8.59. The Morgan fingerprint density at radius 2 is 1.92 bits per heavy atom. The van der Waals surface area contributed by atoms with Crippen molar-refractivity contribution in [2.75, 3.05) is 11.9 Å². The Morgan fingerprint density at radius 3 is 2.46 bits per heavy atom. The van der Waals surface area contributed by atoms with Gasteiger partial charge in [0.1, 0.15) is 11.8 Å². The summed E-state index contributed by atoms with van der Waals surface area (Å²) in [7, 11) is 0. The van der Waals surface area contributed by atoms with Crippen LogP contribution in [0.3, 0.4) is 0 Å². The van der Waals surface area contributed by atoms with Crippen LogP contribution < -0.4 is 15.7 Å². The summed E-state index contributed by atoms with van der Waals surface area (Å²) in [6.45, 7) is 4.91. The average molecular weight is 336 g/mol. The Kier molecular flexibility index (Phi) is 8.86. The van der Waals surface area contributed by atoms with E-state index in [1.165, 1.54) is 12.1 Å². The maximum atomic E-state index is 12.0. The number of rotatable bonds is 11. The number of carbonyl (C=O) groups is 2. The summed E-state index contributed by atoms with van der Waals surface area (Å²) in [5.41, 5.74) is 0.518. The third kappa shape index (κ3) is 7.46. The molecule has 0 saturated carbocycles. The molecule has 1 aromatic rings. The normalized spacial score (nSPS) is 13.2. The molecule has 0 spiro atoms. The SMILES string of the molecule is CCCC[C@H](CC)C[NH2+][C@@H](CC(=O)Nc1ccc(O)cc1)C(=O)[O-]. The van der Waals surface area contributed by atoms with Crippen LogP contribution in [-0.2, 0) is 9.59 Å². The summed E-state index contributed by atoms with van der Waals surface area (Å²) in [5.74, 6) is -1.05. The van der Waals surface area contributed by atoms with Crippen LogP contribution in [-0.4, -0.2) is 29.6 Å². The molecule has 6 heteroatoms. The number of carboxylic acid groups (broad SMARTS) is 1. The van der Waals surface area contributed by atoms with Gasteiger partial charge in [0.2, 0.25) is 5.91 Å². The van der Waals surface area contributed by atoms with E-state index in [0.29, 0.717) is 18.2 Å². The predicted octanol–water partition coefficient (Wildman–Crippen LogP) is 0.619. The van der Waals surface area contributed by atoms with Crippen LogP contribution in [0, 0.1) is 5.92 Å². The molecule has 2 atom stereocenters. The van der Waals surface area contributed by atoms with E-state index in [0.717, 1.165) is 25.7 Å². The number of nitrogens with one attached hydrogen (secondary N) is 1. The maximum Gasteiger partial charge on any atom is 0.230 e. The average Bonchev–Trinajstić information content (AvgIpc) is 2.55. The first-order chi connectivity index (χ1) is 11.5. The highest BCUT2D eigenvalue weighted by Gasteiger charge is 2.20. The molecule has 1 amide bonds. The summed E-state index contributed by atoms with van der Waals surface area (Å²) < 4.78 is 0. The van der Waals surface area contributed by atoms with Crippen LogP contribution in [0.5, 0.6) is 5.75 Å². The van der Waals surface area contributed by atoms with Crippen molar-refractivity contribution in [3.8, 4) is 5.75 Å². The van der Waals surface area contributed by atoms with Crippen molar-refractivity contribution in [2.45, 2.75) is 52.0 Å². The second-order valence-corrected chi connectivity index (χ2v) is 6.11. The Morgan fingerprint density at radius 1 is 1.25 bits per heavy atom. The number of phenolic OH excluding ortho intramolecular Hbond substituents is 1. The number of phenols is 1. The Balaban J connectivity index is 2.50. The van der Waals surface area contributed by atoms with Crippen LogP contribution in [0.25, 0.3) is 0 Å². The van der Waals surface area contributed by atoms with Gasteiger partial charge in [0.25, 0.3) is 0 Å². The quantitative estimate of drug-likeness (QED) is 0.515. The molecule has 0 radical (unpaired) electrons. The van der Waals surface area contributed by atoms with Crippen LogP contribution in [0.1, 0.15) is 46.0 Å². The van der Waals surface area contributed by atoms with E-state index in [-0.39, 0.29) is 18.1 Å². The van der Waals surface area contributed by atoms with E-state index >= 15 is 0 Å². The first kappa shape index (κ1) is 20.0. The van der Waals surface area contributed by atoms with Crippen molar-refractivity contribution in [3.05, 3.63) is 24.3 Å². The van der Waals surface area contributed by atoms with E-state index in [1.54, 1.807) is 17.4 Å². The zero-order chi connectivity index (χ0) is 17.9. The molecule has 0 heterocycles. The summed E-state index contributed by atoms with van der Waals surface area (Å²) in [6, 6.07) is 5.14. The van der Waals surface area contributed by atoms with Gasteiger partial charge in [-0.15, -0.1) is 0 Å². The molecule has 0 fully saturated rings. The highest BCUT2D eigenvalue weighted by molar-refractivity contribution is 5.93. The third-order valence-corrected chi connectivity index (χ3v) is 4.16. The van der Waals surface area contributed by atoms with E-state index in [9.17, 15) is 19.8 Å². The van der Waals surface area contributed by atoms with Gasteiger partial charge in [-0.25, -0.2) is 0 Å². The van der Waals surface area contributed by atoms with Gasteiger partial charge in [0, 0.05) is 11.6 Å². The van der Waals surface area contributed by atoms with Gasteiger partial charge in [0.15, 0.2) is 0 Å². The number of quaternary nitrogens is 1. The highest BCUT2D eigenvalue weighted by Crippen LogP contribution is 2.14. The number of aliphatic carboxylic acids is 1. The number of anilines is 1. The molecule has 0 unspecified atom stereocenters. The monoisotopic (exact) mass is 336 g/mol. The summed E-state index contributed by atoms with van der Waals surface area (Å²) in [5, 5.41) is 24.8. The van der Waals surface area contributed by atoms with Crippen molar-refractivity contribution in [1.82, 2.24) is 0 Å². The van der Waals surface area contributed by atoms with Gasteiger partial charge >= 0.3 is 0 Å². The number of hydrogen-bond acceptors (Lipinski definition) is 4. The Labute approximate surface area is 143 Å². The van der Waals surface area contributed by atoms with Crippen molar-refractivity contribution in [1.29, 1.82) is 0 Å². The molecule has 0 aliphatic heterocycles. The minimum Gasteiger partial charge on any atom is -0.544 e. The van der Waals surface area contributed by atoms with Crippen molar-refractivity contribution >= 4 is 17.6 Å². The molecule has 1 aromatic carbocycles. The second kappa shape index (κ2) is 10.6. The number of amides is 1. The fourth-order valence-corrected chi connectivity index (χ4v) is 2.56. The summed E-state index contributed by atoms with van der Waals surface area (Å²) in [6.07, 6.45) is 4.17. The lowest BCUT2D eigenvalue weighted by Crippen LogP contribution is -2.94. The van der Waals surface area contributed by atoms with Gasteiger partial charge in [-0.3, -0.25) is 4.79 Å². The molecule has 6 nitrogen and oxygen atoms in total. The zero-order valence-corrected chi connectivity index (χ0v) is 14.5. The smallest absolute Gasteiger partial charge is 0.230 e. The number of aromatic hydroxyl groups is 1. The van der Waals surface area contributed by atoms with E-state index < -0.39 is 12.0 Å². The van der Waals surface area contributed by atoms with Crippen LogP contribution in [0.2, 0.25) is 0 Å². The fourth-order valence-electron chi connectivity index (χ4n) is 2.56.